The minimum absolute atomic E-state index is 0. The molecule has 3 heterocycles. The first-order valence-corrected chi connectivity index (χ1v) is 12.0. The summed E-state index contributed by atoms with van der Waals surface area (Å²) in [5, 5.41) is 3.54. The van der Waals surface area contributed by atoms with Crippen LogP contribution in [0.25, 0.3) is 0 Å². The van der Waals surface area contributed by atoms with E-state index in [1.165, 1.54) is 58.2 Å². The van der Waals surface area contributed by atoms with Crippen molar-refractivity contribution >= 4 is 35.8 Å². The lowest BCUT2D eigenvalue weighted by molar-refractivity contribution is -0.136. The summed E-state index contributed by atoms with van der Waals surface area (Å²) in [5.74, 6) is 1.24. The third-order valence-electron chi connectivity index (χ3n) is 6.49. The van der Waals surface area contributed by atoms with Crippen molar-refractivity contribution in [1.29, 1.82) is 0 Å². The van der Waals surface area contributed by atoms with Gasteiger partial charge in [-0.15, -0.1) is 24.0 Å². The van der Waals surface area contributed by atoms with Crippen molar-refractivity contribution in [3.8, 4) is 0 Å². The van der Waals surface area contributed by atoms with Gasteiger partial charge in [-0.25, -0.2) is 0 Å². The van der Waals surface area contributed by atoms with Crippen LogP contribution in [-0.2, 0) is 9.53 Å². The number of amides is 1. The van der Waals surface area contributed by atoms with Gasteiger partial charge in [-0.1, -0.05) is 12.8 Å². The lowest BCUT2D eigenvalue weighted by atomic mass is 10.1. The van der Waals surface area contributed by atoms with E-state index in [1.807, 2.05) is 11.9 Å². The maximum absolute atomic E-state index is 12.4. The number of morpholine rings is 1. The number of likely N-dealkylation sites (tertiary alicyclic amines) is 1. The van der Waals surface area contributed by atoms with Crippen molar-refractivity contribution in [3.63, 3.8) is 0 Å². The molecule has 0 atom stereocenters. The Morgan fingerprint density at radius 2 is 1.55 bits per heavy atom. The average Bonchev–Trinajstić information content (AvgIpc) is 2.80. The molecule has 0 saturated carbocycles. The van der Waals surface area contributed by atoms with Crippen molar-refractivity contribution in [1.82, 2.24) is 24.9 Å². The highest BCUT2D eigenvalue weighted by Crippen LogP contribution is 2.10. The lowest BCUT2D eigenvalue weighted by Crippen LogP contribution is -2.55. The molecule has 0 aromatic heterocycles. The van der Waals surface area contributed by atoms with Gasteiger partial charge in [-0.3, -0.25) is 14.7 Å². The number of piperidine rings is 1. The van der Waals surface area contributed by atoms with Gasteiger partial charge in [0.2, 0.25) is 5.91 Å². The van der Waals surface area contributed by atoms with Crippen molar-refractivity contribution in [2.24, 2.45) is 4.99 Å². The molecule has 0 aromatic rings. The highest BCUT2D eigenvalue weighted by atomic mass is 127. The molecule has 1 amide bonds. The molecule has 3 saturated heterocycles. The fourth-order valence-corrected chi connectivity index (χ4v) is 4.57. The highest BCUT2D eigenvalue weighted by Gasteiger charge is 2.24. The molecule has 0 aliphatic carbocycles. The predicted octanol–water partition coefficient (Wildman–Crippen LogP) is 1.31. The van der Waals surface area contributed by atoms with Gasteiger partial charge in [0, 0.05) is 52.9 Å². The zero-order valence-electron chi connectivity index (χ0n) is 19.4. The van der Waals surface area contributed by atoms with Crippen LogP contribution in [0, 0.1) is 0 Å². The number of nitrogens with one attached hydrogen (secondary N) is 1. The van der Waals surface area contributed by atoms with E-state index >= 15 is 0 Å². The second kappa shape index (κ2) is 15.2. The van der Waals surface area contributed by atoms with E-state index in [0.717, 1.165) is 51.8 Å². The summed E-state index contributed by atoms with van der Waals surface area (Å²) in [7, 11) is 1.87. The summed E-state index contributed by atoms with van der Waals surface area (Å²) in [6.45, 7) is 11.8. The summed E-state index contributed by atoms with van der Waals surface area (Å²) in [4.78, 5) is 26.1. The second-order valence-corrected chi connectivity index (χ2v) is 8.69. The number of nitrogens with zero attached hydrogens (tertiary/aromatic N) is 5. The number of unbranched alkanes of at least 4 members (excludes halogenated alkanes) is 2. The van der Waals surface area contributed by atoms with Crippen molar-refractivity contribution < 1.29 is 9.53 Å². The average molecular weight is 551 g/mol. The fraction of sp³-hybridized carbons (Fsp3) is 0.909. The number of halogens is 1. The normalized spacial score (nSPS) is 21.6. The van der Waals surface area contributed by atoms with E-state index in [4.69, 9.17) is 4.74 Å². The number of guanidine groups is 1. The van der Waals surface area contributed by atoms with Crippen molar-refractivity contribution in [2.45, 2.75) is 38.5 Å². The van der Waals surface area contributed by atoms with Crippen molar-refractivity contribution in [2.75, 3.05) is 92.3 Å². The van der Waals surface area contributed by atoms with Gasteiger partial charge in [0.15, 0.2) is 5.96 Å². The van der Waals surface area contributed by atoms with Crippen LogP contribution in [0.15, 0.2) is 4.99 Å². The number of ether oxygens (including phenoxy) is 1. The SMILES string of the molecule is CN=C(NCCCCCN1CCCCC1)N1CCN(CC(=O)N2CCOCC2)CC1.I. The Morgan fingerprint density at radius 3 is 2.23 bits per heavy atom. The molecule has 8 nitrogen and oxygen atoms in total. The van der Waals surface area contributed by atoms with Gasteiger partial charge in [0.25, 0.3) is 0 Å². The third kappa shape index (κ3) is 9.39. The first-order chi connectivity index (χ1) is 14.8. The Hall–Kier alpha value is -0.650. The molecule has 0 unspecified atom stereocenters. The van der Waals surface area contributed by atoms with Gasteiger partial charge < -0.3 is 24.8 Å². The van der Waals surface area contributed by atoms with Gasteiger partial charge >= 0.3 is 0 Å². The van der Waals surface area contributed by atoms with Gasteiger partial charge in [0.1, 0.15) is 0 Å². The van der Waals surface area contributed by atoms with E-state index in [2.05, 4.69) is 25.0 Å². The molecule has 9 heteroatoms. The Kier molecular flexibility index (Phi) is 13.1. The predicted molar refractivity (Wildman–Crippen MR) is 136 cm³/mol. The maximum Gasteiger partial charge on any atom is 0.236 e. The molecule has 3 aliphatic rings. The first-order valence-electron chi connectivity index (χ1n) is 12.0. The van der Waals surface area contributed by atoms with Crippen molar-refractivity contribution in [3.05, 3.63) is 0 Å². The van der Waals surface area contributed by atoms with Crippen LogP contribution < -0.4 is 5.32 Å². The third-order valence-corrected chi connectivity index (χ3v) is 6.49. The Bertz CT molecular complexity index is 530. The van der Waals surface area contributed by atoms with Crippen LogP contribution >= 0.6 is 24.0 Å². The fourth-order valence-electron chi connectivity index (χ4n) is 4.57. The molecular weight excluding hydrogens is 507 g/mol. The van der Waals surface area contributed by atoms with Crippen LogP contribution in [0.3, 0.4) is 0 Å². The summed E-state index contributed by atoms with van der Waals surface area (Å²) in [6, 6.07) is 0. The summed E-state index contributed by atoms with van der Waals surface area (Å²) < 4.78 is 5.34. The van der Waals surface area contributed by atoms with E-state index in [9.17, 15) is 4.79 Å². The van der Waals surface area contributed by atoms with Gasteiger partial charge in [-0.05, 0) is 45.3 Å². The molecular formula is C22H43IN6O2. The molecule has 0 aromatic carbocycles. The zero-order chi connectivity index (χ0) is 21.0. The van der Waals surface area contributed by atoms with Crippen LogP contribution in [0.4, 0.5) is 0 Å². The minimum atomic E-state index is 0. The van der Waals surface area contributed by atoms with E-state index in [-0.39, 0.29) is 29.9 Å². The second-order valence-electron chi connectivity index (χ2n) is 8.69. The van der Waals surface area contributed by atoms with E-state index in [1.54, 1.807) is 0 Å². The molecule has 0 spiro atoms. The molecule has 0 bridgehead atoms. The zero-order valence-corrected chi connectivity index (χ0v) is 21.7. The monoisotopic (exact) mass is 550 g/mol. The molecule has 180 valence electrons. The topological polar surface area (TPSA) is 63.7 Å². The lowest BCUT2D eigenvalue weighted by Gasteiger charge is -2.37. The number of carbonyl (C=O) groups is 1. The molecule has 3 fully saturated rings. The largest absolute Gasteiger partial charge is 0.378 e. The number of carbonyl (C=O) groups excluding carboxylic acids is 1. The Balaban J connectivity index is 0.00000341. The Morgan fingerprint density at radius 1 is 0.839 bits per heavy atom. The number of hydrogen-bond acceptors (Lipinski definition) is 5. The molecule has 0 radical (unpaired) electrons. The molecule has 3 aliphatic heterocycles. The summed E-state index contributed by atoms with van der Waals surface area (Å²) >= 11 is 0. The quantitative estimate of drug-likeness (QED) is 0.213. The number of hydrogen-bond donors (Lipinski definition) is 1. The van der Waals surface area contributed by atoms with Gasteiger partial charge in [-0.2, -0.15) is 0 Å². The Labute approximate surface area is 205 Å². The molecule has 3 rings (SSSR count). The standard InChI is InChI=1S/C22H42N6O2.HI/c1-23-22(24-8-4-2-5-9-25-10-6-3-7-11-25)28-14-12-26(13-15-28)20-21(29)27-16-18-30-19-17-27;/h2-20H2,1H3,(H,23,24);1H. The molecule has 1 N–H and O–H groups in total. The summed E-state index contributed by atoms with van der Waals surface area (Å²) in [6.07, 6.45) is 7.95. The smallest absolute Gasteiger partial charge is 0.236 e. The van der Waals surface area contributed by atoms with Crippen LogP contribution in [-0.4, -0.2) is 124 Å². The molecule has 31 heavy (non-hydrogen) atoms. The number of piperazine rings is 1. The van der Waals surface area contributed by atoms with E-state index in [0.29, 0.717) is 19.8 Å². The first kappa shape index (κ1) is 26.6. The maximum atomic E-state index is 12.4. The minimum Gasteiger partial charge on any atom is -0.378 e. The number of rotatable bonds is 8. The van der Waals surface area contributed by atoms with Crippen LogP contribution in [0.5, 0.6) is 0 Å². The summed E-state index contributed by atoms with van der Waals surface area (Å²) in [5.41, 5.74) is 0. The van der Waals surface area contributed by atoms with E-state index < -0.39 is 0 Å². The number of aliphatic imine (C=N–C) groups is 1. The van der Waals surface area contributed by atoms with Crippen LogP contribution in [0.2, 0.25) is 0 Å². The highest BCUT2D eigenvalue weighted by molar-refractivity contribution is 14.0. The van der Waals surface area contributed by atoms with Crippen LogP contribution in [0.1, 0.15) is 38.5 Å². The van der Waals surface area contributed by atoms with Gasteiger partial charge in [0.05, 0.1) is 19.8 Å².